The van der Waals surface area contributed by atoms with E-state index in [1.54, 1.807) is 18.2 Å². The van der Waals surface area contributed by atoms with Crippen LogP contribution in [0.1, 0.15) is 33.3 Å². The highest BCUT2D eigenvalue weighted by atomic mass is 16.3. The predicted molar refractivity (Wildman–Crippen MR) is 74.7 cm³/mol. The van der Waals surface area contributed by atoms with Gasteiger partial charge in [-0.2, -0.15) is 0 Å². The van der Waals surface area contributed by atoms with Gasteiger partial charge in [0.15, 0.2) is 5.78 Å². The molecule has 0 fully saturated rings. The van der Waals surface area contributed by atoms with E-state index in [1.165, 1.54) is 6.92 Å². The number of ketones is 1. The van der Waals surface area contributed by atoms with Gasteiger partial charge in [-0.3, -0.25) is 4.79 Å². The van der Waals surface area contributed by atoms with Crippen LogP contribution in [0.15, 0.2) is 48.1 Å². The molecule has 0 radical (unpaired) electrons. The van der Waals surface area contributed by atoms with Gasteiger partial charge in [-0.15, -0.1) is 0 Å². The van der Waals surface area contributed by atoms with E-state index in [4.69, 9.17) is 0 Å². The highest BCUT2D eigenvalue weighted by Gasteiger charge is 2.23. The molecule has 0 aromatic heterocycles. The van der Waals surface area contributed by atoms with E-state index >= 15 is 0 Å². The molecule has 0 saturated carbocycles. The van der Waals surface area contributed by atoms with Crippen LogP contribution in [0.4, 0.5) is 0 Å². The third-order valence-corrected chi connectivity index (χ3v) is 3.12. The first kappa shape index (κ1) is 14.2. The molecule has 18 heavy (non-hydrogen) atoms. The Morgan fingerprint density at radius 2 is 1.72 bits per heavy atom. The van der Waals surface area contributed by atoms with Gasteiger partial charge in [0.05, 0.1) is 0 Å². The lowest BCUT2D eigenvalue weighted by atomic mass is 9.77. The highest BCUT2D eigenvalue weighted by Crippen LogP contribution is 2.33. The number of allylic oxidation sites excluding steroid dienone is 4. The first-order chi connectivity index (χ1) is 8.37. The van der Waals surface area contributed by atoms with Crippen molar-refractivity contribution in [3.63, 3.8) is 0 Å². The van der Waals surface area contributed by atoms with Crippen molar-refractivity contribution in [3.8, 4) is 5.75 Å². The number of carbonyl (C=O) groups excluding carboxylic acids is 1. The van der Waals surface area contributed by atoms with E-state index in [2.05, 4.69) is 13.8 Å². The standard InChI is InChI=1S/C16H20O2/c1-5-13(7-6-12(2)17)16(3,4)14-8-10-15(18)11-9-14/h5-11,18H,1-4H3/b7-6-,13-5?. The summed E-state index contributed by atoms with van der Waals surface area (Å²) < 4.78 is 0. The summed E-state index contributed by atoms with van der Waals surface area (Å²) in [7, 11) is 0. The molecular formula is C16H20O2. The van der Waals surface area contributed by atoms with Crippen LogP contribution in [0.2, 0.25) is 0 Å². The molecule has 2 nitrogen and oxygen atoms in total. The Balaban J connectivity index is 3.10. The van der Waals surface area contributed by atoms with Crippen LogP contribution < -0.4 is 0 Å². The first-order valence-electron chi connectivity index (χ1n) is 6.03. The maximum Gasteiger partial charge on any atom is 0.152 e. The summed E-state index contributed by atoms with van der Waals surface area (Å²) in [5, 5.41) is 9.32. The zero-order valence-corrected chi connectivity index (χ0v) is 11.4. The van der Waals surface area contributed by atoms with Crippen LogP contribution in [-0.2, 0) is 10.2 Å². The van der Waals surface area contributed by atoms with Crippen LogP contribution in [0.3, 0.4) is 0 Å². The van der Waals surface area contributed by atoms with Crippen molar-refractivity contribution in [3.05, 3.63) is 53.6 Å². The van der Waals surface area contributed by atoms with Crippen molar-refractivity contribution >= 4 is 5.78 Å². The number of hydrogen-bond donors (Lipinski definition) is 1. The number of aromatic hydroxyl groups is 1. The van der Waals surface area contributed by atoms with E-state index in [-0.39, 0.29) is 16.9 Å². The maximum atomic E-state index is 11.0. The smallest absolute Gasteiger partial charge is 0.152 e. The van der Waals surface area contributed by atoms with Crippen molar-refractivity contribution in [2.75, 3.05) is 0 Å². The monoisotopic (exact) mass is 244 g/mol. The van der Waals surface area contributed by atoms with E-state index in [9.17, 15) is 9.90 Å². The van der Waals surface area contributed by atoms with Gasteiger partial charge in [-0.05, 0) is 43.2 Å². The Morgan fingerprint density at radius 3 is 2.17 bits per heavy atom. The number of phenols is 1. The minimum Gasteiger partial charge on any atom is -0.508 e. The SMILES string of the molecule is CC=C(/C=C\C(C)=O)C(C)(C)c1ccc(O)cc1. The molecule has 0 atom stereocenters. The lowest BCUT2D eigenvalue weighted by molar-refractivity contribution is -0.112. The van der Waals surface area contributed by atoms with Gasteiger partial charge < -0.3 is 5.11 Å². The highest BCUT2D eigenvalue weighted by molar-refractivity contribution is 5.87. The lowest BCUT2D eigenvalue weighted by Gasteiger charge is -2.27. The molecule has 1 aromatic carbocycles. The van der Waals surface area contributed by atoms with E-state index in [0.29, 0.717) is 0 Å². The molecule has 0 spiro atoms. The van der Waals surface area contributed by atoms with Crippen LogP contribution >= 0.6 is 0 Å². The van der Waals surface area contributed by atoms with Gasteiger partial charge in [0.2, 0.25) is 0 Å². The summed E-state index contributed by atoms with van der Waals surface area (Å²) in [5.41, 5.74) is 1.97. The average molecular weight is 244 g/mol. The summed E-state index contributed by atoms with van der Waals surface area (Å²) in [4.78, 5) is 11.0. The van der Waals surface area contributed by atoms with Crippen molar-refractivity contribution in [2.45, 2.75) is 33.1 Å². The minimum atomic E-state index is -0.200. The molecule has 0 saturated heterocycles. The lowest BCUT2D eigenvalue weighted by Crippen LogP contribution is -2.19. The molecule has 0 unspecified atom stereocenters. The Kier molecular flexibility index (Phi) is 4.49. The molecule has 0 amide bonds. The number of hydrogen-bond acceptors (Lipinski definition) is 2. The summed E-state index contributed by atoms with van der Waals surface area (Å²) in [6.45, 7) is 7.69. The Hall–Kier alpha value is -1.83. The van der Waals surface area contributed by atoms with Gasteiger partial charge in [0.1, 0.15) is 5.75 Å². The second-order valence-electron chi connectivity index (χ2n) is 4.86. The molecule has 1 N–H and O–H groups in total. The summed E-state index contributed by atoms with van der Waals surface area (Å²) >= 11 is 0. The summed E-state index contributed by atoms with van der Waals surface area (Å²) in [6.07, 6.45) is 5.44. The van der Waals surface area contributed by atoms with Crippen LogP contribution in [0.25, 0.3) is 0 Å². The topological polar surface area (TPSA) is 37.3 Å². The molecule has 0 aliphatic heterocycles. The molecule has 1 aromatic rings. The van der Waals surface area contributed by atoms with Crippen LogP contribution in [0, 0.1) is 0 Å². The minimum absolute atomic E-state index is 0.0378. The predicted octanol–water partition coefficient (Wildman–Crippen LogP) is 3.76. The Bertz CT molecular complexity index is 476. The van der Waals surface area contributed by atoms with E-state index in [1.807, 2.05) is 31.2 Å². The average Bonchev–Trinajstić information content (AvgIpc) is 2.29. The van der Waals surface area contributed by atoms with Crippen molar-refractivity contribution in [1.82, 2.24) is 0 Å². The molecule has 2 heteroatoms. The Labute approximate surface area is 109 Å². The summed E-state index contributed by atoms with van der Waals surface area (Å²) in [5.74, 6) is 0.298. The van der Waals surface area contributed by atoms with Crippen LogP contribution in [0.5, 0.6) is 5.75 Å². The fourth-order valence-electron chi connectivity index (χ4n) is 1.92. The quantitative estimate of drug-likeness (QED) is 0.646. The second kappa shape index (κ2) is 5.67. The van der Waals surface area contributed by atoms with E-state index < -0.39 is 0 Å². The molecule has 1 rings (SSSR count). The number of rotatable bonds is 4. The largest absolute Gasteiger partial charge is 0.508 e. The van der Waals surface area contributed by atoms with Crippen molar-refractivity contribution < 1.29 is 9.90 Å². The summed E-state index contributed by atoms with van der Waals surface area (Å²) in [6, 6.07) is 7.17. The molecule has 0 heterocycles. The van der Waals surface area contributed by atoms with Gasteiger partial charge in [-0.25, -0.2) is 0 Å². The van der Waals surface area contributed by atoms with Gasteiger partial charge >= 0.3 is 0 Å². The number of carbonyl (C=O) groups is 1. The first-order valence-corrected chi connectivity index (χ1v) is 6.03. The second-order valence-corrected chi connectivity index (χ2v) is 4.86. The zero-order chi connectivity index (χ0) is 13.8. The normalized spacial score (nSPS) is 13.0. The molecule has 0 aliphatic rings. The fourth-order valence-corrected chi connectivity index (χ4v) is 1.92. The van der Waals surface area contributed by atoms with Crippen LogP contribution in [-0.4, -0.2) is 10.9 Å². The Morgan fingerprint density at radius 1 is 1.17 bits per heavy atom. The van der Waals surface area contributed by atoms with Gasteiger partial charge in [0, 0.05) is 5.41 Å². The third kappa shape index (κ3) is 3.33. The van der Waals surface area contributed by atoms with Crippen molar-refractivity contribution in [1.29, 1.82) is 0 Å². The molecule has 96 valence electrons. The van der Waals surface area contributed by atoms with Gasteiger partial charge in [-0.1, -0.05) is 38.1 Å². The third-order valence-electron chi connectivity index (χ3n) is 3.12. The fraction of sp³-hybridized carbons (Fsp3) is 0.312. The molecule has 0 aliphatic carbocycles. The maximum absolute atomic E-state index is 11.0. The van der Waals surface area contributed by atoms with E-state index in [0.717, 1.165) is 11.1 Å². The number of phenolic OH excluding ortho intramolecular Hbond substituents is 1. The number of benzene rings is 1. The van der Waals surface area contributed by atoms with Crippen molar-refractivity contribution in [2.24, 2.45) is 0 Å². The zero-order valence-electron chi connectivity index (χ0n) is 11.4. The molecule has 0 bridgehead atoms. The molecular weight excluding hydrogens is 224 g/mol. The van der Waals surface area contributed by atoms with Gasteiger partial charge in [0.25, 0.3) is 0 Å².